The van der Waals surface area contributed by atoms with Crippen LogP contribution in [0, 0.1) is 17.8 Å². The smallest absolute Gasteiger partial charge is 0.146 e. The molecule has 0 spiro atoms. The maximum atomic E-state index is 9.43. The van der Waals surface area contributed by atoms with Gasteiger partial charge in [-0.3, -0.25) is 0 Å². The third kappa shape index (κ3) is 14.8. The quantitative estimate of drug-likeness (QED) is 0.341. The normalized spacial score (nSPS) is 17.2. The fraction of sp³-hybridized carbons (Fsp3) is 1.00. The van der Waals surface area contributed by atoms with Gasteiger partial charge in [-0.15, -0.1) is 0 Å². The van der Waals surface area contributed by atoms with Gasteiger partial charge in [-0.2, -0.15) is 0 Å². The summed E-state index contributed by atoms with van der Waals surface area (Å²) in [5.41, 5.74) is 0. The highest BCUT2D eigenvalue weighted by Gasteiger charge is 2.14. The predicted octanol–water partition coefficient (Wildman–Crippen LogP) is 5.02. The highest BCUT2D eigenvalue weighted by Crippen LogP contribution is 2.24. The molecule has 3 nitrogen and oxygen atoms in total. The van der Waals surface area contributed by atoms with Crippen LogP contribution in [-0.4, -0.2) is 31.2 Å². The molecule has 0 aliphatic rings. The van der Waals surface area contributed by atoms with Crippen molar-refractivity contribution in [3.63, 3.8) is 0 Å². The van der Waals surface area contributed by atoms with Crippen molar-refractivity contribution >= 4 is 0 Å². The largest absolute Gasteiger partial charge is 0.393 e. The summed E-state index contributed by atoms with van der Waals surface area (Å²) in [5, 5.41) is 9.43. The van der Waals surface area contributed by atoms with Gasteiger partial charge in [-0.25, -0.2) is 0 Å². The SMILES string of the molecule is CCCCOCOCCCC(C)CC(C)CC(C)CC(C)O. The molecule has 4 unspecified atom stereocenters. The van der Waals surface area contributed by atoms with E-state index in [4.69, 9.17) is 9.47 Å². The molecular weight excluding hydrogens is 276 g/mol. The number of unbranched alkanes of at least 4 members (excludes halogenated alkanes) is 1. The van der Waals surface area contributed by atoms with Gasteiger partial charge in [0.05, 0.1) is 6.10 Å². The predicted molar refractivity (Wildman–Crippen MR) is 93.9 cm³/mol. The Morgan fingerprint density at radius 3 is 1.91 bits per heavy atom. The third-order valence-corrected chi connectivity index (χ3v) is 4.15. The molecule has 22 heavy (non-hydrogen) atoms. The zero-order valence-corrected chi connectivity index (χ0v) is 15.6. The molecule has 0 aliphatic carbocycles. The van der Waals surface area contributed by atoms with Crippen LogP contribution in [0.5, 0.6) is 0 Å². The Labute approximate surface area is 138 Å². The first-order chi connectivity index (χ1) is 10.5. The molecule has 0 aliphatic heterocycles. The standard InChI is InChI=1S/C19H40O3/c1-6-7-10-21-15-22-11-8-9-16(2)12-17(3)13-18(4)14-19(5)20/h16-20H,6-15H2,1-5H3. The lowest BCUT2D eigenvalue weighted by atomic mass is 9.86. The molecule has 0 aromatic heterocycles. The molecule has 0 rings (SSSR count). The molecule has 0 aromatic carbocycles. The van der Waals surface area contributed by atoms with Gasteiger partial charge in [0.15, 0.2) is 0 Å². The fourth-order valence-electron chi connectivity index (χ4n) is 3.22. The second-order valence-electron chi connectivity index (χ2n) is 7.30. The van der Waals surface area contributed by atoms with Crippen molar-refractivity contribution in [2.24, 2.45) is 17.8 Å². The topological polar surface area (TPSA) is 38.7 Å². The number of ether oxygens (including phenoxy) is 2. The van der Waals surface area contributed by atoms with E-state index in [1.54, 1.807) is 0 Å². The molecule has 1 N–H and O–H groups in total. The summed E-state index contributed by atoms with van der Waals surface area (Å²) in [5.74, 6) is 2.10. The number of aliphatic hydroxyl groups is 1. The third-order valence-electron chi connectivity index (χ3n) is 4.15. The van der Waals surface area contributed by atoms with Crippen molar-refractivity contribution in [2.75, 3.05) is 20.0 Å². The van der Waals surface area contributed by atoms with Crippen LogP contribution in [0.4, 0.5) is 0 Å². The number of hydrogen-bond acceptors (Lipinski definition) is 3. The first-order valence-corrected chi connectivity index (χ1v) is 9.29. The monoisotopic (exact) mass is 316 g/mol. The fourth-order valence-corrected chi connectivity index (χ4v) is 3.22. The zero-order chi connectivity index (χ0) is 16.8. The maximum absolute atomic E-state index is 9.43. The minimum atomic E-state index is -0.170. The first kappa shape index (κ1) is 21.9. The van der Waals surface area contributed by atoms with Gasteiger partial charge in [-0.1, -0.05) is 34.1 Å². The molecule has 0 fully saturated rings. The van der Waals surface area contributed by atoms with Crippen LogP contribution < -0.4 is 0 Å². The molecule has 0 radical (unpaired) electrons. The molecule has 134 valence electrons. The van der Waals surface area contributed by atoms with Crippen molar-refractivity contribution in [1.29, 1.82) is 0 Å². The van der Waals surface area contributed by atoms with E-state index < -0.39 is 0 Å². The van der Waals surface area contributed by atoms with E-state index in [1.807, 2.05) is 6.92 Å². The summed E-state index contributed by atoms with van der Waals surface area (Å²) in [7, 11) is 0. The summed E-state index contributed by atoms with van der Waals surface area (Å²) in [4.78, 5) is 0. The van der Waals surface area contributed by atoms with Crippen LogP contribution in [0.3, 0.4) is 0 Å². The van der Waals surface area contributed by atoms with E-state index in [0.717, 1.165) is 44.3 Å². The molecule has 0 saturated carbocycles. The number of hydrogen-bond donors (Lipinski definition) is 1. The van der Waals surface area contributed by atoms with Gasteiger partial charge in [0, 0.05) is 13.2 Å². The Morgan fingerprint density at radius 1 is 0.773 bits per heavy atom. The van der Waals surface area contributed by atoms with Crippen LogP contribution in [-0.2, 0) is 9.47 Å². The Morgan fingerprint density at radius 2 is 1.32 bits per heavy atom. The molecule has 0 saturated heterocycles. The summed E-state index contributed by atoms with van der Waals surface area (Å²) >= 11 is 0. The van der Waals surface area contributed by atoms with Gasteiger partial charge >= 0.3 is 0 Å². The zero-order valence-electron chi connectivity index (χ0n) is 15.6. The molecule has 3 heteroatoms. The van der Waals surface area contributed by atoms with E-state index in [-0.39, 0.29) is 6.10 Å². The number of aliphatic hydroxyl groups excluding tert-OH is 1. The molecule has 0 aromatic rings. The molecule has 0 heterocycles. The first-order valence-electron chi connectivity index (χ1n) is 9.29. The molecule has 4 atom stereocenters. The van der Waals surface area contributed by atoms with Crippen molar-refractivity contribution in [1.82, 2.24) is 0 Å². The van der Waals surface area contributed by atoms with Crippen LogP contribution in [0.25, 0.3) is 0 Å². The Bertz CT molecular complexity index is 231. The second-order valence-corrected chi connectivity index (χ2v) is 7.30. The lowest BCUT2D eigenvalue weighted by molar-refractivity contribution is -0.0558. The summed E-state index contributed by atoms with van der Waals surface area (Å²) in [6.45, 7) is 13.1. The van der Waals surface area contributed by atoms with Gasteiger partial charge in [-0.05, 0) is 63.2 Å². The highest BCUT2D eigenvalue weighted by molar-refractivity contribution is 4.65. The van der Waals surface area contributed by atoms with Crippen molar-refractivity contribution in [3.8, 4) is 0 Å². The van der Waals surface area contributed by atoms with E-state index >= 15 is 0 Å². The van der Waals surface area contributed by atoms with Crippen molar-refractivity contribution in [3.05, 3.63) is 0 Å². The second kappa shape index (κ2) is 14.5. The van der Waals surface area contributed by atoms with Crippen molar-refractivity contribution in [2.45, 2.75) is 85.7 Å². The molecular formula is C19H40O3. The van der Waals surface area contributed by atoms with Crippen LogP contribution in [0.15, 0.2) is 0 Å². The lowest BCUT2D eigenvalue weighted by Crippen LogP contribution is -2.12. The average Bonchev–Trinajstić information content (AvgIpc) is 2.40. The van der Waals surface area contributed by atoms with Crippen molar-refractivity contribution < 1.29 is 14.6 Å². The van der Waals surface area contributed by atoms with E-state index in [9.17, 15) is 5.11 Å². The minimum Gasteiger partial charge on any atom is -0.393 e. The Kier molecular flexibility index (Phi) is 14.4. The molecule has 0 amide bonds. The average molecular weight is 317 g/mol. The van der Waals surface area contributed by atoms with E-state index in [0.29, 0.717) is 12.7 Å². The highest BCUT2D eigenvalue weighted by atomic mass is 16.7. The van der Waals surface area contributed by atoms with Crippen LogP contribution in [0.2, 0.25) is 0 Å². The van der Waals surface area contributed by atoms with Gasteiger partial charge in [0.2, 0.25) is 0 Å². The Hall–Kier alpha value is -0.120. The van der Waals surface area contributed by atoms with Gasteiger partial charge in [0.25, 0.3) is 0 Å². The number of rotatable bonds is 15. The van der Waals surface area contributed by atoms with Crippen LogP contribution >= 0.6 is 0 Å². The summed E-state index contributed by atoms with van der Waals surface area (Å²) in [6.07, 6.45) is 7.88. The minimum absolute atomic E-state index is 0.170. The molecule has 0 bridgehead atoms. The van der Waals surface area contributed by atoms with E-state index in [2.05, 4.69) is 27.7 Å². The van der Waals surface area contributed by atoms with Gasteiger partial charge < -0.3 is 14.6 Å². The summed E-state index contributed by atoms with van der Waals surface area (Å²) in [6, 6.07) is 0. The van der Waals surface area contributed by atoms with E-state index in [1.165, 1.54) is 25.7 Å². The maximum Gasteiger partial charge on any atom is 0.146 e. The summed E-state index contributed by atoms with van der Waals surface area (Å²) < 4.78 is 10.9. The van der Waals surface area contributed by atoms with Gasteiger partial charge in [0.1, 0.15) is 6.79 Å². The van der Waals surface area contributed by atoms with Crippen LogP contribution in [0.1, 0.15) is 79.6 Å². The lowest BCUT2D eigenvalue weighted by Gasteiger charge is -2.21. The Balaban J connectivity index is 3.49.